The van der Waals surface area contributed by atoms with E-state index in [1.807, 2.05) is 12.1 Å². The zero-order valence-electron chi connectivity index (χ0n) is 11.5. The fraction of sp³-hybridized carbons (Fsp3) is 0.500. The van der Waals surface area contributed by atoms with Gasteiger partial charge in [0.15, 0.2) is 0 Å². The predicted octanol–water partition coefficient (Wildman–Crippen LogP) is 2.96. The van der Waals surface area contributed by atoms with E-state index in [4.69, 9.17) is 16.6 Å². The molecular weight excluding hydrogens is 272 g/mol. The minimum atomic E-state index is 0.426. The Morgan fingerprint density at radius 1 is 1.40 bits per heavy atom. The molecule has 0 amide bonds. The molecule has 0 aliphatic carbocycles. The molecule has 0 aromatic carbocycles. The van der Waals surface area contributed by atoms with Crippen molar-refractivity contribution in [3.63, 3.8) is 0 Å². The van der Waals surface area contributed by atoms with Crippen molar-refractivity contribution in [3.05, 3.63) is 29.4 Å². The van der Waals surface area contributed by atoms with E-state index in [9.17, 15) is 0 Å². The molecule has 0 saturated carbocycles. The Bertz CT molecular complexity index is 622. The van der Waals surface area contributed by atoms with Gasteiger partial charge in [-0.25, -0.2) is 4.68 Å². The minimum Gasteiger partial charge on any atom is -0.409 e. The van der Waals surface area contributed by atoms with Gasteiger partial charge in [-0.2, -0.15) is 0 Å². The minimum absolute atomic E-state index is 0.426. The standard InChI is InChI=1S/C14H18N4OS/c1-11-3-2-8-17(9-11)10-18-14(20)19-13(16-18)12-4-6-15-7-5-12/h4-7,11H,2-3,8-10H2,1H3. The summed E-state index contributed by atoms with van der Waals surface area (Å²) in [7, 11) is 0. The summed E-state index contributed by atoms with van der Waals surface area (Å²) in [6, 6.07) is 3.74. The van der Waals surface area contributed by atoms with Crippen LogP contribution in [0.3, 0.4) is 0 Å². The third-order valence-corrected chi connectivity index (χ3v) is 3.90. The van der Waals surface area contributed by atoms with Crippen LogP contribution in [0.2, 0.25) is 0 Å². The summed E-state index contributed by atoms with van der Waals surface area (Å²) in [5.74, 6) is 1.30. The number of aromatic nitrogens is 3. The second-order valence-electron chi connectivity index (χ2n) is 5.37. The maximum atomic E-state index is 5.58. The van der Waals surface area contributed by atoms with Crippen LogP contribution in [0, 0.1) is 10.8 Å². The van der Waals surface area contributed by atoms with Gasteiger partial charge in [0.05, 0.1) is 6.67 Å². The van der Waals surface area contributed by atoms with E-state index in [-0.39, 0.29) is 0 Å². The molecule has 0 spiro atoms. The Balaban J connectivity index is 1.78. The predicted molar refractivity (Wildman–Crippen MR) is 78.5 cm³/mol. The van der Waals surface area contributed by atoms with E-state index in [1.165, 1.54) is 12.8 Å². The summed E-state index contributed by atoms with van der Waals surface area (Å²) < 4.78 is 7.35. The lowest BCUT2D eigenvalue weighted by Gasteiger charge is -2.30. The summed E-state index contributed by atoms with van der Waals surface area (Å²) in [6.07, 6.45) is 5.99. The molecule has 2 aromatic heterocycles. The molecule has 1 atom stereocenters. The van der Waals surface area contributed by atoms with Gasteiger partial charge >= 0.3 is 0 Å². The van der Waals surface area contributed by atoms with Crippen molar-refractivity contribution in [2.75, 3.05) is 13.1 Å². The van der Waals surface area contributed by atoms with Crippen LogP contribution >= 0.6 is 12.2 Å². The molecule has 1 aliphatic heterocycles. The van der Waals surface area contributed by atoms with Crippen molar-refractivity contribution >= 4 is 12.2 Å². The highest BCUT2D eigenvalue weighted by Gasteiger charge is 2.18. The lowest BCUT2D eigenvalue weighted by Crippen LogP contribution is -2.36. The van der Waals surface area contributed by atoms with Gasteiger partial charge in [-0.1, -0.05) is 6.92 Å². The fourth-order valence-corrected chi connectivity index (χ4v) is 2.79. The van der Waals surface area contributed by atoms with Crippen LogP contribution in [0.5, 0.6) is 0 Å². The van der Waals surface area contributed by atoms with Gasteiger partial charge in [0.1, 0.15) is 0 Å². The van der Waals surface area contributed by atoms with Gasteiger partial charge < -0.3 is 4.42 Å². The zero-order chi connectivity index (χ0) is 13.9. The third-order valence-electron chi connectivity index (χ3n) is 3.61. The van der Waals surface area contributed by atoms with Crippen molar-refractivity contribution in [3.8, 4) is 11.5 Å². The molecular formula is C14H18N4OS. The Morgan fingerprint density at radius 3 is 2.95 bits per heavy atom. The second-order valence-corrected chi connectivity index (χ2v) is 5.72. The van der Waals surface area contributed by atoms with Crippen LogP contribution in [0.25, 0.3) is 11.5 Å². The number of likely N-dealkylation sites (tertiary alicyclic amines) is 1. The Labute approximate surface area is 123 Å². The summed E-state index contributed by atoms with van der Waals surface area (Å²) >= 11 is 5.26. The number of nitrogens with zero attached hydrogens (tertiary/aromatic N) is 4. The van der Waals surface area contributed by atoms with E-state index in [1.54, 1.807) is 17.1 Å². The SMILES string of the molecule is CC1CCCN(Cn2nc(-c3ccncc3)oc2=S)C1. The molecule has 5 nitrogen and oxygen atoms in total. The largest absolute Gasteiger partial charge is 0.409 e. The van der Waals surface area contributed by atoms with Crippen LogP contribution in [0.15, 0.2) is 28.9 Å². The van der Waals surface area contributed by atoms with E-state index >= 15 is 0 Å². The lowest BCUT2D eigenvalue weighted by atomic mass is 10.0. The van der Waals surface area contributed by atoms with Crippen LogP contribution < -0.4 is 0 Å². The first-order valence-corrected chi connectivity index (χ1v) is 7.34. The number of rotatable bonds is 3. The van der Waals surface area contributed by atoms with Gasteiger partial charge in [0.25, 0.3) is 4.84 Å². The molecule has 1 fully saturated rings. The molecule has 0 radical (unpaired) electrons. The molecule has 3 rings (SSSR count). The second kappa shape index (κ2) is 5.85. The maximum Gasteiger partial charge on any atom is 0.288 e. The average Bonchev–Trinajstić information content (AvgIpc) is 2.81. The van der Waals surface area contributed by atoms with Crippen LogP contribution in [-0.2, 0) is 6.67 Å². The first-order valence-electron chi connectivity index (χ1n) is 6.93. The van der Waals surface area contributed by atoms with Crippen molar-refractivity contribution in [2.24, 2.45) is 5.92 Å². The van der Waals surface area contributed by atoms with Crippen molar-refractivity contribution in [1.29, 1.82) is 0 Å². The summed E-state index contributed by atoms with van der Waals surface area (Å²) in [4.78, 5) is 6.80. The molecule has 0 N–H and O–H groups in total. The Hall–Kier alpha value is -1.53. The molecule has 6 heteroatoms. The maximum absolute atomic E-state index is 5.58. The zero-order valence-corrected chi connectivity index (χ0v) is 12.3. The molecule has 0 bridgehead atoms. The normalized spacial score (nSPS) is 20.1. The highest BCUT2D eigenvalue weighted by atomic mass is 32.1. The van der Waals surface area contributed by atoms with E-state index < -0.39 is 0 Å². The highest BCUT2D eigenvalue weighted by molar-refractivity contribution is 7.71. The summed E-state index contributed by atoms with van der Waals surface area (Å²) in [6.45, 7) is 5.19. The van der Waals surface area contributed by atoms with Crippen molar-refractivity contribution < 1.29 is 4.42 Å². The molecule has 106 valence electrons. The molecule has 1 aliphatic rings. The van der Waals surface area contributed by atoms with E-state index in [2.05, 4.69) is 21.9 Å². The van der Waals surface area contributed by atoms with Gasteiger partial charge in [-0.05, 0) is 49.7 Å². The van der Waals surface area contributed by atoms with Gasteiger partial charge in [-0.15, -0.1) is 5.10 Å². The average molecular weight is 290 g/mol. The molecule has 1 saturated heterocycles. The quantitative estimate of drug-likeness (QED) is 0.813. The highest BCUT2D eigenvalue weighted by Crippen LogP contribution is 2.19. The first-order chi connectivity index (χ1) is 9.72. The number of pyridine rings is 1. The molecule has 1 unspecified atom stereocenters. The topological polar surface area (TPSA) is 47.1 Å². The smallest absolute Gasteiger partial charge is 0.288 e. The fourth-order valence-electron chi connectivity index (χ4n) is 2.61. The number of hydrogen-bond donors (Lipinski definition) is 0. The lowest BCUT2D eigenvalue weighted by molar-refractivity contribution is 0.136. The van der Waals surface area contributed by atoms with Crippen LogP contribution in [0.4, 0.5) is 0 Å². The third kappa shape index (κ3) is 2.96. The summed E-state index contributed by atoms with van der Waals surface area (Å²) in [5, 5.41) is 4.48. The van der Waals surface area contributed by atoms with Crippen molar-refractivity contribution in [1.82, 2.24) is 19.7 Å². The molecule has 2 aromatic rings. The van der Waals surface area contributed by atoms with E-state index in [0.717, 1.165) is 24.6 Å². The van der Waals surface area contributed by atoms with Crippen LogP contribution in [-0.4, -0.2) is 32.8 Å². The number of piperidine rings is 1. The Kier molecular flexibility index (Phi) is 3.93. The first kappa shape index (κ1) is 13.5. The Morgan fingerprint density at radius 2 is 2.20 bits per heavy atom. The van der Waals surface area contributed by atoms with Gasteiger partial charge in [-0.3, -0.25) is 9.88 Å². The van der Waals surface area contributed by atoms with Gasteiger partial charge in [0.2, 0.25) is 5.89 Å². The van der Waals surface area contributed by atoms with Crippen LogP contribution in [0.1, 0.15) is 19.8 Å². The number of hydrogen-bond acceptors (Lipinski definition) is 5. The van der Waals surface area contributed by atoms with Crippen molar-refractivity contribution in [2.45, 2.75) is 26.4 Å². The van der Waals surface area contributed by atoms with E-state index in [0.29, 0.717) is 17.4 Å². The molecule has 3 heterocycles. The summed E-state index contributed by atoms with van der Waals surface area (Å²) in [5.41, 5.74) is 0.900. The monoisotopic (exact) mass is 290 g/mol. The molecule has 20 heavy (non-hydrogen) atoms. The van der Waals surface area contributed by atoms with Gasteiger partial charge in [0, 0.05) is 24.5 Å².